The molecule has 22 heavy (non-hydrogen) atoms. The Bertz CT molecular complexity index is 528. The number of halogens is 2. The third-order valence-corrected chi connectivity index (χ3v) is 2.96. The minimum absolute atomic E-state index is 0.0341. The predicted molar refractivity (Wildman–Crippen MR) is 83.3 cm³/mol. The Kier molecular flexibility index (Phi) is 7.79. The highest BCUT2D eigenvalue weighted by atomic mass is 35.5. The summed E-state index contributed by atoms with van der Waals surface area (Å²) in [6.45, 7) is 1.77. The Morgan fingerprint density at radius 2 is 2.09 bits per heavy atom. The number of nitrogens with two attached hydrogens (primary N) is 1. The summed E-state index contributed by atoms with van der Waals surface area (Å²) in [6, 6.07) is 4.01. The van der Waals surface area contributed by atoms with Crippen molar-refractivity contribution in [1.82, 2.24) is 10.2 Å². The summed E-state index contributed by atoms with van der Waals surface area (Å²) in [6.07, 6.45) is -0.769. The van der Waals surface area contributed by atoms with Gasteiger partial charge in [-0.1, -0.05) is 23.2 Å². The number of nitrogens with zero attached hydrogens (tertiary/aromatic N) is 1. The van der Waals surface area contributed by atoms with Gasteiger partial charge in [0.15, 0.2) is 6.73 Å². The van der Waals surface area contributed by atoms with E-state index in [-0.39, 0.29) is 26.4 Å². The molecule has 0 aliphatic rings. The first-order valence-corrected chi connectivity index (χ1v) is 7.25. The van der Waals surface area contributed by atoms with Crippen LogP contribution in [-0.2, 0) is 4.74 Å². The first-order valence-electron chi connectivity index (χ1n) is 6.49. The summed E-state index contributed by atoms with van der Waals surface area (Å²) in [5.74, 6) is 0.355. The zero-order valence-electron chi connectivity index (χ0n) is 12.0. The van der Waals surface area contributed by atoms with Crippen LogP contribution in [0.5, 0.6) is 5.75 Å². The number of amides is 3. The fourth-order valence-electron chi connectivity index (χ4n) is 1.47. The molecule has 0 saturated carbocycles. The average molecular weight is 350 g/mol. The van der Waals surface area contributed by atoms with Crippen molar-refractivity contribution >= 4 is 35.3 Å². The van der Waals surface area contributed by atoms with Gasteiger partial charge in [-0.25, -0.2) is 14.5 Å². The van der Waals surface area contributed by atoms with Crippen LogP contribution in [0.4, 0.5) is 9.59 Å². The average Bonchev–Trinajstić information content (AvgIpc) is 2.47. The number of carbonyl (C=O) groups excluding carboxylic acids is 2. The van der Waals surface area contributed by atoms with Crippen molar-refractivity contribution < 1.29 is 19.1 Å². The van der Waals surface area contributed by atoms with Gasteiger partial charge in [0.25, 0.3) is 0 Å². The van der Waals surface area contributed by atoms with Crippen LogP contribution in [-0.4, -0.2) is 43.5 Å². The number of benzene rings is 1. The smallest absolute Gasteiger partial charge is 0.418 e. The van der Waals surface area contributed by atoms with E-state index in [1.807, 2.05) is 0 Å². The van der Waals surface area contributed by atoms with E-state index in [2.05, 4.69) is 5.32 Å². The number of hydrogen-bond donors (Lipinski definition) is 2. The van der Waals surface area contributed by atoms with Gasteiger partial charge in [0.2, 0.25) is 0 Å². The van der Waals surface area contributed by atoms with Gasteiger partial charge >= 0.3 is 12.1 Å². The third-order valence-electron chi connectivity index (χ3n) is 2.43. The zero-order valence-corrected chi connectivity index (χ0v) is 13.5. The van der Waals surface area contributed by atoms with Crippen LogP contribution in [0.25, 0.3) is 0 Å². The maximum absolute atomic E-state index is 11.9. The van der Waals surface area contributed by atoms with Crippen molar-refractivity contribution in [3.8, 4) is 5.75 Å². The van der Waals surface area contributed by atoms with Crippen LogP contribution in [0, 0.1) is 0 Å². The lowest BCUT2D eigenvalue weighted by Gasteiger charge is -2.20. The molecule has 7 nitrogen and oxygen atoms in total. The lowest BCUT2D eigenvalue weighted by Crippen LogP contribution is -2.47. The van der Waals surface area contributed by atoms with Crippen molar-refractivity contribution in [1.29, 1.82) is 0 Å². The molecule has 0 aliphatic carbocycles. The molecule has 0 heterocycles. The number of carbonyl (C=O) groups is 2. The van der Waals surface area contributed by atoms with Crippen LogP contribution >= 0.6 is 23.2 Å². The van der Waals surface area contributed by atoms with Crippen LogP contribution in [0.15, 0.2) is 18.2 Å². The van der Waals surface area contributed by atoms with Gasteiger partial charge in [-0.2, -0.15) is 0 Å². The van der Waals surface area contributed by atoms with Gasteiger partial charge in [-0.3, -0.25) is 0 Å². The van der Waals surface area contributed by atoms with E-state index in [4.69, 9.17) is 38.4 Å². The summed E-state index contributed by atoms with van der Waals surface area (Å²) in [4.78, 5) is 24.4. The van der Waals surface area contributed by atoms with Gasteiger partial charge in [-0.15, -0.1) is 0 Å². The standard InChI is InChI=1S/C13H17Cl2N3O4/c1-2-21-13(20)18(6-5-16)12(19)17-8-22-11-4-3-9(14)7-10(11)15/h3-4,7H,2,5-6,8,16H2,1H3,(H,17,19). The summed E-state index contributed by atoms with van der Waals surface area (Å²) < 4.78 is 10.1. The van der Waals surface area contributed by atoms with E-state index >= 15 is 0 Å². The first kappa shape index (κ1) is 18.3. The van der Waals surface area contributed by atoms with E-state index in [0.717, 1.165) is 4.90 Å². The molecule has 0 aliphatic heterocycles. The molecule has 3 amide bonds. The molecular weight excluding hydrogens is 333 g/mol. The molecule has 0 fully saturated rings. The van der Waals surface area contributed by atoms with Crippen LogP contribution in [0.2, 0.25) is 10.0 Å². The van der Waals surface area contributed by atoms with Crippen LogP contribution in [0.3, 0.4) is 0 Å². The van der Waals surface area contributed by atoms with Crippen molar-refractivity contribution in [2.45, 2.75) is 6.92 Å². The molecule has 1 aromatic rings. The normalized spacial score (nSPS) is 10.0. The van der Waals surface area contributed by atoms with E-state index in [1.165, 1.54) is 6.07 Å². The van der Waals surface area contributed by atoms with Gasteiger partial charge in [-0.05, 0) is 25.1 Å². The highest BCUT2D eigenvalue weighted by molar-refractivity contribution is 6.35. The minimum Gasteiger partial charge on any atom is -0.472 e. The maximum Gasteiger partial charge on any atom is 0.418 e. The quantitative estimate of drug-likeness (QED) is 0.769. The summed E-state index contributed by atoms with van der Waals surface area (Å²) >= 11 is 11.7. The number of imide groups is 1. The third kappa shape index (κ3) is 5.59. The molecule has 0 saturated heterocycles. The molecule has 0 spiro atoms. The minimum atomic E-state index is -0.769. The van der Waals surface area contributed by atoms with Crippen molar-refractivity contribution in [2.24, 2.45) is 5.73 Å². The fourth-order valence-corrected chi connectivity index (χ4v) is 1.93. The highest BCUT2D eigenvalue weighted by Crippen LogP contribution is 2.27. The number of urea groups is 1. The van der Waals surface area contributed by atoms with E-state index in [9.17, 15) is 9.59 Å². The lowest BCUT2D eigenvalue weighted by atomic mass is 10.3. The van der Waals surface area contributed by atoms with Crippen LogP contribution in [0.1, 0.15) is 6.92 Å². The van der Waals surface area contributed by atoms with Gasteiger partial charge in [0.1, 0.15) is 5.75 Å². The Morgan fingerprint density at radius 3 is 2.68 bits per heavy atom. The van der Waals surface area contributed by atoms with Gasteiger partial charge in [0.05, 0.1) is 11.6 Å². The van der Waals surface area contributed by atoms with Crippen molar-refractivity contribution in [3.05, 3.63) is 28.2 Å². The second-order valence-electron chi connectivity index (χ2n) is 3.98. The Hall–Kier alpha value is -1.70. The number of rotatable bonds is 6. The summed E-state index contributed by atoms with van der Waals surface area (Å²) in [7, 11) is 0. The molecule has 0 aromatic heterocycles. The molecule has 0 atom stereocenters. The molecule has 9 heteroatoms. The Labute approximate surface area is 138 Å². The molecule has 122 valence electrons. The first-order chi connectivity index (χ1) is 10.5. The molecule has 3 N–H and O–H groups in total. The van der Waals surface area contributed by atoms with E-state index in [0.29, 0.717) is 15.8 Å². The monoisotopic (exact) mass is 349 g/mol. The molecule has 1 rings (SSSR count). The van der Waals surface area contributed by atoms with Crippen molar-refractivity contribution in [2.75, 3.05) is 26.4 Å². The fraction of sp³-hybridized carbons (Fsp3) is 0.385. The summed E-state index contributed by atoms with van der Waals surface area (Å²) in [5, 5.41) is 3.20. The Morgan fingerprint density at radius 1 is 1.36 bits per heavy atom. The van der Waals surface area contributed by atoms with E-state index < -0.39 is 12.1 Å². The molecule has 0 bridgehead atoms. The van der Waals surface area contributed by atoms with Gasteiger partial charge < -0.3 is 20.5 Å². The van der Waals surface area contributed by atoms with Crippen LogP contribution < -0.4 is 15.8 Å². The van der Waals surface area contributed by atoms with E-state index in [1.54, 1.807) is 19.1 Å². The topological polar surface area (TPSA) is 93.9 Å². The second kappa shape index (κ2) is 9.34. The number of nitrogens with one attached hydrogen (secondary N) is 1. The van der Waals surface area contributed by atoms with Crippen molar-refractivity contribution in [3.63, 3.8) is 0 Å². The molecular formula is C13H17Cl2N3O4. The molecule has 0 radical (unpaired) electrons. The lowest BCUT2D eigenvalue weighted by molar-refractivity contribution is 0.113. The molecule has 0 unspecified atom stereocenters. The SMILES string of the molecule is CCOC(=O)N(CCN)C(=O)NCOc1ccc(Cl)cc1Cl. The Balaban J connectivity index is 2.54. The maximum atomic E-state index is 11.9. The number of hydrogen-bond acceptors (Lipinski definition) is 5. The number of ether oxygens (including phenoxy) is 2. The highest BCUT2D eigenvalue weighted by Gasteiger charge is 2.21. The molecule has 1 aromatic carbocycles. The largest absolute Gasteiger partial charge is 0.472 e. The van der Waals surface area contributed by atoms with Gasteiger partial charge in [0, 0.05) is 18.1 Å². The predicted octanol–water partition coefficient (Wildman–Crippen LogP) is 2.46. The second-order valence-corrected chi connectivity index (χ2v) is 4.83. The summed E-state index contributed by atoms with van der Waals surface area (Å²) in [5.41, 5.74) is 5.36. The zero-order chi connectivity index (χ0) is 16.5.